The number of piperazine rings is 1. The highest BCUT2D eigenvalue weighted by atomic mass is 35.5. The molecule has 3 heterocycles. The molecule has 8 nitrogen and oxygen atoms in total. The fourth-order valence-electron chi connectivity index (χ4n) is 3.79. The van der Waals surface area contributed by atoms with Gasteiger partial charge >= 0.3 is 0 Å². The van der Waals surface area contributed by atoms with Gasteiger partial charge in [-0.25, -0.2) is 0 Å². The van der Waals surface area contributed by atoms with Crippen molar-refractivity contribution in [2.75, 3.05) is 57.9 Å². The minimum Gasteiger partial charge on any atom is -0.383 e. The van der Waals surface area contributed by atoms with Gasteiger partial charge in [-0.1, -0.05) is 29.3 Å². The van der Waals surface area contributed by atoms with Crippen molar-refractivity contribution in [3.63, 3.8) is 0 Å². The maximum absolute atomic E-state index is 13.0. The molecule has 1 saturated heterocycles. The molecule has 4 rings (SSSR count). The van der Waals surface area contributed by atoms with Crippen molar-refractivity contribution < 1.29 is 14.3 Å². The summed E-state index contributed by atoms with van der Waals surface area (Å²) in [5, 5.41) is 11.6. The van der Waals surface area contributed by atoms with E-state index < -0.39 is 0 Å². The van der Waals surface area contributed by atoms with Gasteiger partial charge in [-0.3, -0.25) is 9.59 Å². The molecule has 184 valence electrons. The fraction of sp³-hybridized carbons (Fsp3) is 0.333. The largest absolute Gasteiger partial charge is 0.383 e. The SMILES string of the molecule is COCCN(CC(=O)N1CCN(c2ccc(-c3ccc(Cl)cc3Cl)nn2)CC1)C(=O)c1cccs1. The molecular weight excluding hydrogens is 509 g/mol. The average Bonchev–Trinajstić information content (AvgIpc) is 3.41. The van der Waals surface area contributed by atoms with Crippen molar-refractivity contribution in [1.82, 2.24) is 20.0 Å². The van der Waals surface area contributed by atoms with Crippen LogP contribution in [0.5, 0.6) is 0 Å². The lowest BCUT2D eigenvalue weighted by Crippen LogP contribution is -2.52. The number of carbonyl (C=O) groups excluding carboxylic acids is 2. The number of benzene rings is 1. The van der Waals surface area contributed by atoms with Crippen LogP contribution in [-0.4, -0.2) is 84.8 Å². The van der Waals surface area contributed by atoms with E-state index in [0.717, 1.165) is 11.4 Å². The van der Waals surface area contributed by atoms with Crippen molar-refractivity contribution in [2.45, 2.75) is 0 Å². The van der Waals surface area contributed by atoms with E-state index >= 15 is 0 Å². The third-order valence-electron chi connectivity index (χ3n) is 5.72. The van der Waals surface area contributed by atoms with Gasteiger partial charge in [0.05, 0.1) is 22.2 Å². The Labute approximate surface area is 218 Å². The quantitative estimate of drug-likeness (QED) is 0.436. The van der Waals surface area contributed by atoms with Crippen LogP contribution < -0.4 is 4.90 Å². The Hall–Kier alpha value is -2.72. The number of ether oxygens (including phenoxy) is 1. The first kappa shape index (κ1) is 25.4. The second-order valence-corrected chi connectivity index (χ2v) is 9.76. The summed E-state index contributed by atoms with van der Waals surface area (Å²) >= 11 is 13.6. The number of nitrogens with zero attached hydrogens (tertiary/aromatic N) is 5. The maximum Gasteiger partial charge on any atom is 0.264 e. The lowest BCUT2D eigenvalue weighted by atomic mass is 10.1. The van der Waals surface area contributed by atoms with Gasteiger partial charge in [0, 0.05) is 50.4 Å². The van der Waals surface area contributed by atoms with E-state index in [1.807, 2.05) is 29.6 Å². The molecule has 0 N–H and O–H groups in total. The molecule has 0 atom stereocenters. The summed E-state index contributed by atoms with van der Waals surface area (Å²) in [6.45, 7) is 3.08. The Bertz CT molecular complexity index is 1150. The van der Waals surface area contributed by atoms with Crippen LogP contribution in [0.25, 0.3) is 11.3 Å². The Kier molecular flexibility index (Phi) is 8.56. The third kappa shape index (κ3) is 6.29. The van der Waals surface area contributed by atoms with Crippen LogP contribution >= 0.6 is 34.5 Å². The standard InChI is InChI=1S/C24H25Cl2N5O3S/c1-34-13-12-31(24(33)21-3-2-14-35-21)16-23(32)30-10-8-29(9-11-30)22-7-6-20(27-28-22)18-5-4-17(25)15-19(18)26/h2-7,14-15H,8-13,16H2,1H3. The van der Waals surface area contributed by atoms with Gasteiger partial charge in [-0.2, -0.15) is 0 Å². The highest BCUT2D eigenvalue weighted by molar-refractivity contribution is 7.12. The summed E-state index contributed by atoms with van der Waals surface area (Å²) in [6, 6.07) is 12.6. The lowest BCUT2D eigenvalue weighted by Gasteiger charge is -2.36. The van der Waals surface area contributed by atoms with Gasteiger partial charge in [-0.05, 0) is 41.8 Å². The number of carbonyl (C=O) groups is 2. The second-order valence-electron chi connectivity index (χ2n) is 7.97. The molecule has 0 saturated carbocycles. The molecule has 11 heteroatoms. The molecule has 35 heavy (non-hydrogen) atoms. The predicted molar refractivity (Wildman–Crippen MR) is 138 cm³/mol. The van der Waals surface area contributed by atoms with Gasteiger partial charge in [-0.15, -0.1) is 21.5 Å². The number of halogens is 2. The molecule has 3 aromatic rings. The van der Waals surface area contributed by atoms with Crippen molar-refractivity contribution in [3.05, 3.63) is 62.8 Å². The minimum absolute atomic E-state index is 0.0243. The zero-order valence-electron chi connectivity index (χ0n) is 19.2. The molecule has 0 bridgehead atoms. The normalized spacial score (nSPS) is 13.7. The maximum atomic E-state index is 13.0. The zero-order chi connectivity index (χ0) is 24.8. The smallest absolute Gasteiger partial charge is 0.264 e. The monoisotopic (exact) mass is 533 g/mol. The van der Waals surface area contributed by atoms with E-state index in [-0.39, 0.29) is 18.4 Å². The number of thiophene rings is 1. The molecule has 0 unspecified atom stereocenters. The van der Waals surface area contributed by atoms with Gasteiger partial charge in [0.2, 0.25) is 5.91 Å². The number of anilines is 1. The van der Waals surface area contributed by atoms with E-state index in [0.29, 0.717) is 59.9 Å². The summed E-state index contributed by atoms with van der Waals surface area (Å²) in [7, 11) is 1.58. The van der Waals surface area contributed by atoms with E-state index in [1.54, 1.807) is 35.1 Å². The van der Waals surface area contributed by atoms with Crippen molar-refractivity contribution in [2.24, 2.45) is 0 Å². The number of amides is 2. The summed E-state index contributed by atoms with van der Waals surface area (Å²) < 4.78 is 5.13. The number of rotatable bonds is 8. The molecule has 0 spiro atoms. The van der Waals surface area contributed by atoms with Crippen molar-refractivity contribution >= 4 is 52.2 Å². The molecule has 2 amide bonds. The van der Waals surface area contributed by atoms with Crippen LogP contribution in [0.1, 0.15) is 9.67 Å². The van der Waals surface area contributed by atoms with Crippen LogP contribution in [0.15, 0.2) is 47.8 Å². The predicted octanol–water partition coefficient (Wildman–Crippen LogP) is 3.95. The summed E-state index contributed by atoms with van der Waals surface area (Å²) in [5.74, 6) is 0.505. The molecule has 1 fully saturated rings. The molecule has 1 aliphatic rings. The van der Waals surface area contributed by atoms with E-state index in [9.17, 15) is 9.59 Å². The van der Waals surface area contributed by atoms with Gasteiger partial charge in [0.15, 0.2) is 5.82 Å². The average molecular weight is 534 g/mol. The Morgan fingerprint density at radius 1 is 1.09 bits per heavy atom. The van der Waals surface area contributed by atoms with Gasteiger partial charge < -0.3 is 19.4 Å². The Morgan fingerprint density at radius 2 is 1.89 bits per heavy atom. The van der Waals surface area contributed by atoms with Crippen LogP contribution in [0.2, 0.25) is 10.0 Å². The van der Waals surface area contributed by atoms with E-state index in [1.165, 1.54) is 11.3 Å². The Balaban J connectivity index is 1.34. The number of aromatic nitrogens is 2. The number of hydrogen-bond acceptors (Lipinski definition) is 7. The summed E-state index contributed by atoms with van der Waals surface area (Å²) in [4.78, 5) is 31.8. The molecule has 0 aliphatic carbocycles. The Morgan fingerprint density at radius 3 is 2.51 bits per heavy atom. The molecule has 2 aromatic heterocycles. The van der Waals surface area contributed by atoms with Gasteiger partial charge in [0.1, 0.15) is 6.54 Å². The topological polar surface area (TPSA) is 78.9 Å². The fourth-order valence-corrected chi connectivity index (χ4v) is 4.99. The molecule has 1 aromatic carbocycles. The molecule has 0 radical (unpaired) electrons. The summed E-state index contributed by atoms with van der Waals surface area (Å²) in [6.07, 6.45) is 0. The second kappa shape index (κ2) is 11.8. The first-order valence-corrected chi connectivity index (χ1v) is 12.7. The van der Waals surface area contributed by atoms with E-state index in [2.05, 4.69) is 15.1 Å². The third-order valence-corrected chi connectivity index (χ3v) is 7.13. The zero-order valence-corrected chi connectivity index (χ0v) is 21.5. The highest BCUT2D eigenvalue weighted by Crippen LogP contribution is 2.29. The minimum atomic E-state index is -0.153. The number of hydrogen-bond donors (Lipinski definition) is 0. The van der Waals surface area contributed by atoms with Crippen LogP contribution in [0.3, 0.4) is 0 Å². The number of methoxy groups -OCH3 is 1. The van der Waals surface area contributed by atoms with Crippen LogP contribution in [0.4, 0.5) is 5.82 Å². The van der Waals surface area contributed by atoms with Crippen LogP contribution in [0, 0.1) is 0 Å². The van der Waals surface area contributed by atoms with Crippen LogP contribution in [-0.2, 0) is 9.53 Å². The van der Waals surface area contributed by atoms with E-state index in [4.69, 9.17) is 27.9 Å². The van der Waals surface area contributed by atoms with Gasteiger partial charge in [0.25, 0.3) is 5.91 Å². The lowest BCUT2D eigenvalue weighted by molar-refractivity contribution is -0.132. The molecule has 1 aliphatic heterocycles. The van der Waals surface area contributed by atoms with Crippen molar-refractivity contribution in [1.29, 1.82) is 0 Å². The van der Waals surface area contributed by atoms with Crippen molar-refractivity contribution in [3.8, 4) is 11.3 Å². The summed E-state index contributed by atoms with van der Waals surface area (Å²) in [5.41, 5.74) is 1.43. The first-order chi connectivity index (χ1) is 17.0. The highest BCUT2D eigenvalue weighted by Gasteiger charge is 2.26. The first-order valence-electron chi connectivity index (χ1n) is 11.1. The molecular formula is C24H25Cl2N5O3S.